The molecule has 2 aliphatic heterocycles. The van der Waals surface area contributed by atoms with Gasteiger partial charge < -0.3 is 10.2 Å². The molecule has 0 aromatic carbocycles. The van der Waals surface area contributed by atoms with Gasteiger partial charge in [-0.05, 0) is 52.4 Å². The molecule has 0 amide bonds. The fourth-order valence-corrected chi connectivity index (χ4v) is 2.67. The summed E-state index contributed by atoms with van der Waals surface area (Å²) in [6.07, 6.45) is 5.35. The molecule has 1 unspecified atom stereocenters. The number of nitrogens with zero attached hydrogens (tertiary/aromatic N) is 1. The largest absolute Gasteiger partial charge is 0.314 e. The van der Waals surface area contributed by atoms with E-state index in [0.29, 0.717) is 17.7 Å². The van der Waals surface area contributed by atoms with Gasteiger partial charge in [0.25, 0.3) is 0 Å². The molecule has 0 aliphatic carbocycles. The number of piperidine rings is 1. The molecule has 2 aliphatic rings. The summed E-state index contributed by atoms with van der Waals surface area (Å²) < 4.78 is 0. The van der Waals surface area contributed by atoms with Gasteiger partial charge in [-0.2, -0.15) is 0 Å². The van der Waals surface area contributed by atoms with E-state index in [0.717, 1.165) is 38.9 Å². The van der Waals surface area contributed by atoms with E-state index in [-0.39, 0.29) is 0 Å². The summed E-state index contributed by atoms with van der Waals surface area (Å²) in [6, 6.07) is 0.483. The maximum absolute atomic E-state index is 12.0. The van der Waals surface area contributed by atoms with Gasteiger partial charge in [0.05, 0.1) is 0 Å². The molecule has 2 rings (SSSR count). The first-order valence-electron chi connectivity index (χ1n) is 6.20. The average molecular weight is 210 g/mol. The van der Waals surface area contributed by atoms with Crippen molar-refractivity contribution in [3.63, 3.8) is 0 Å². The van der Waals surface area contributed by atoms with E-state index in [9.17, 15) is 4.79 Å². The minimum Gasteiger partial charge on any atom is -0.314 e. The van der Waals surface area contributed by atoms with Gasteiger partial charge in [-0.1, -0.05) is 0 Å². The highest BCUT2D eigenvalue weighted by molar-refractivity contribution is 5.81. The summed E-state index contributed by atoms with van der Waals surface area (Å²) in [6.45, 7) is 3.29. The van der Waals surface area contributed by atoms with Crippen molar-refractivity contribution in [3.05, 3.63) is 0 Å². The lowest BCUT2D eigenvalue weighted by Gasteiger charge is -2.28. The fraction of sp³-hybridized carbons (Fsp3) is 0.917. The van der Waals surface area contributed by atoms with E-state index < -0.39 is 0 Å². The van der Waals surface area contributed by atoms with Crippen LogP contribution in [0.25, 0.3) is 0 Å². The van der Waals surface area contributed by atoms with E-state index in [1.54, 1.807) is 0 Å². The second-order valence-electron chi connectivity index (χ2n) is 5.04. The molecule has 1 N–H and O–H groups in total. The van der Waals surface area contributed by atoms with Gasteiger partial charge in [-0.25, -0.2) is 0 Å². The predicted molar refractivity (Wildman–Crippen MR) is 60.9 cm³/mol. The first kappa shape index (κ1) is 11.1. The van der Waals surface area contributed by atoms with E-state index in [4.69, 9.17) is 0 Å². The number of hydrogen-bond donors (Lipinski definition) is 1. The molecular formula is C12H22N2O. The number of Topliss-reactive ketones (excluding diaryl/α,β-unsaturated/α-hetero) is 1. The molecule has 0 spiro atoms. The Kier molecular flexibility index (Phi) is 3.76. The minimum absolute atomic E-state index is 0.351. The number of rotatable bonds is 3. The standard InChI is InChI=1S/C12H22N2O/c1-14-7-4-10(5-8-14)12(15)9-11-3-2-6-13-11/h10-11,13H,2-9H2,1H3. The molecule has 15 heavy (non-hydrogen) atoms. The van der Waals surface area contributed by atoms with Gasteiger partial charge in [-0.15, -0.1) is 0 Å². The van der Waals surface area contributed by atoms with Crippen LogP contribution in [-0.4, -0.2) is 43.4 Å². The maximum Gasteiger partial charge on any atom is 0.137 e. The van der Waals surface area contributed by atoms with E-state index in [2.05, 4.69) is 17.3 Å². The van der Waals surface area contributed by atoms with Crippen molar-refractivity contribution < 1.29 is 4.79 Å². The lowest BCUT2D eigenvalue weighted by molar-refractivity contribution is -0.124. The van der Waals surface area contributed by atoms with Crippen molar-refractivity contribution in [1.29, 1.82) is 0 Å². The van der Waals surface area contributed by atoms with Crippen LogP contribution in [0.2, 0.25) is 0 Å². The monoisotopic (exact) mass is 210 g/mol. The Morgan fingerprint density at radius 3 is 2.67 bits per heavy atom. The van der Waals surface area contributed by atoms with Crippen LogP contribution in [0.5, 0.6) is 0 Å². The number of likely N-dealkylation sites (tertiary alicyclic amines) is 1. The Balaban J connectivity index is 1.75. The third kappa shape index (κ3) is 3.02. The van der Waals surface area contributed by atoms with Crippen molar-refractivity contribution in [3.8, 4) is 0 Å². The fourth-order valence-electron chi connectivity index (χ4n) is 2.67. The van der Waals surface area contributed by atoms with Crippen LogP contribution in [0.15, 0.2) is 0 Å². The van der Waals surface area contributed by atoms with Crippen LogP contribution < -0.4 is 5.32 Å². The molecule has 0 aromatic heterocycles. The topological polar surface area (TPSA) is 32.3 Å². The van der Waals surface area contributed by atoms with Crippen molar-refractivity contribution in [2.45, 2.75) is 38.1 Å². The Morgan fingerprint density at radius 1 is 1.33 bits per heavy atom. The van der Waals surface area contributed by atoms with Gasteiger partial charge in [-0.3, -0.25) is 4.79 Å². The SMILES string of the molecule is CN1CCC(C(=O)CC2CCCN2)CC1. The number of carbonyl (C=O) groups excluding carboxylic acids is 1. The molecule has 2 heterocycles. The average Bonchev–Trinajstić information content (AvgIpc) is 2.71. The molecule has 3 nitrogen and oxygen atoms in total. The second-order valence-corrected chi connectivity index (χ2v) is 5.04. The molecular weight excluding hydrogens is 188 g/mol. The molecule has 1 atom stereocenters. The summed E-state index contributed by atoms with van der Waals surface area (Å²) in [5.74, 6) is 0.853. The molecule has 86 valence electrons. The zero-order valence-corrected chi connectivity index (χ0v) is 9.67. The maximum atomic E-state index is 12.0. The molecule has 2 saturated heterocycles. The number of ketones is 1. The third-order valence-electron chi connectivity index (χ3n) is 3.78. The molecule has 3 heteroatoms. The first-order chi connectivity index (χ1) is 7.25. The van der Waals surface area contributed by atoms with Crippen molar-refractivity contribution in [2.75, 3.05) is 26.7 Å². The summed E-state index contributed by atoms with van der Waals surface area (Å²) in [7, 11) is 2.14. The van der Waals surface area contributed by atoms with Crippen LogP contribution in [0.1, 0.15) is 32.1 Å². The molecule has 0 saturated carbocycles. The van der Waals surface area contributed by atoms with Crippen molar-refractivity contribution >= 4 is 5.78 Å². The van der Waals surface area contributed by atoms with Crippen LogP contribution in [-0.2, 0) is 4.79 Å². The molecule has 0 aromatic rings. The Morgan fingerprint density at radius 2 is 2.07 bits per heavy atom. The summed E-state index contributed by atoms with van der Waals surface area (Å²) in [4.78, 5) is 14.3. The number of carbonyl (C=O) groups is 1. The zero-order chi connectivity index (χ0) is 10.7. The van der Waals surface area contributed by atoms with Gasteiger partial charge in [0.2, 0.25) is 0 Å². The van der Waals surface area contributed by atoms with E-state index >= 15 is 0 Å². The highest BCUT2D eigenvalue weighted by Gasteiger charge is 2.26. The lowest BCUT2D eigenvalue weighted by Crippen LogP contribution is -2.35. The predicted octanol–water partition coefficient (Wildman–Crippen LogP) is 1.04. The van der Waals surface area contributed by atoms with Crippen LogP contribution in [0.3, 0.4) is 0 Å². The van der Waals surface area contributed by atoms with E-state index in [1.165, 1.54) is 12.8 Å². The minimum atomic E-state index is 0.351. The number of nitrogens with one attached hydrogen (secondary N) is 1. The van der Waals surface area contributed by atoms with Crippen LogP contribution in [0, 0.1) is 5.92 Å². The van der Waals surface area contributed by atoms with Crippen LogP contribution in [0.4, 0.5) is 0 Å². The molecule has 2 fully saturated rings. The van der Waals surface area contributed by atoms with Gasteiger partial charge >= 0.3 is 0 Å². The lowest BCUT2D eigenvalue weighted by atomic mass is 9.89. The Bertz CT molecular complexity index is 216. The third-order valence-corrected chi connectivity index (χ3v) is 3.78. The summed E-state index contributed by atoms with van der Waals surface area (Å²) >= 11 is 0. The molecule has 0 bridgehead atoms. The highest BCUT2D eigenvalue weighted by Crippen LogP contribution is 2.20. The number of hydrogen-bond acceptors (Lipinski definition) is 3. The van der Waals surface area contributed by atoms with Crippen LogP contribution >= 0.6 is 0 Å². The first-order valence-corrected chi connectivity index (χ1v) is 6.20. The smallest absolute Gasteiger partial charge is 0.137 e. The Labute approximate surface area is 92.2 Å². The van der Waals surface area contributed by atoms with E-state index in [1.807, 2.05) is 0 Å². The van der Waals surface area contributed by atoms with Gasteiger partial charge in [0, 0.05) is 18.4 Å². The summed E-state index contributed by atoms with van der Waals surface area (Å²) in [5, 5.41) is 3.40. The van der Waals surface area contributed by atoms with Crippen molar-refractivity contribution in [1.82, 2.24) is 10.2 Å². The normalized spacial score (nSPS) is 29.5. The quantitative estimate of drug-likeness (QED) is 0.755. The van der Waals surface area contributed by atoms with Gasteiger partial charge in [0.1, 0.15) is 5.78 Å². The second kappa shape index (κ2) is 5.08. The molecule has 0 radical (unpaired) electrons. The summed E-state index contributed by atoms with van der Waals surface area (Å²) in [5.41, 5.74) is 0. The highest BCUT2D eigenvalue weighted by atomic mass is 16.1. The zero-order valence-electron chi connectivity index (χ0n) is 9.67. The van der Waals surface area contributed by atoms with Crippen molar-refractivity contribution in [2.24, 2.45) is 5.92 Å². The Hall–Kier alpha value is -0.410. The van der Waals surface area contributed by atoms with Gasteiger partial charge in [0.15, 0.2) is 0 Å².